The molecule has 7 heteroatoms. The van der Waals surface area contributed by atoms with Crippen LogP contribution in [0.5, 0.6) is 0 Å². The molecular formula is C16H16F3N3O. The van der Waals surface area contributed by atoms with E-state index < -0.39 is 17.6 Å². The minimum atomic E-state index is -4.40. The highest BCUT2D eigenvalue weighted by molar-refractivity contribution is 5.92. The average Bonchev–Trinajstić information content (AvgIpc) is 2.53. The lowest BCUT2D eigenvalue weighted by Crippen LogP contribution is -2.24. The molecule has 1 amide bonds. The van der Waals surface area contributed by atoms with Crippen molar-refractivity contribution in [3.8, 4) is 0 Å². The quantitative estimate of drug-likeness (QED) is 0.886. The molecule has 1 aromatic heterocycles. The summed E-state index contributed by atoms with van der Waals surface area (Å²) in [6.45, 7) is 2.57. The Morgan fingerprint density at radius 2 is 1.91 bits per heavy atom. The molecule has 0 atom stereocenters. The predicted octanol–water partition coefficient (Wildman–Crippen LogP) is 3.46. The number of rotatable bonds is 5. The van der Waals surface area contributed by atoms with E-state index >= 15 is 0 Å². The number of nitrogens with one attached hydrogen (secondary N) is 2. The van der Waals surface area contributed by atoms with E-state index in [9.17, 15) is 18.0 Å². The minimum Gasteiger partial charge on any atom is -0.370 e. The average molecular weight is 323 g/mol. The van der Waals surface area contributed by atoms with Crippen LogP contribution in [0.1, 0.15) is 28.5 Å². The third-order valence-corrected chi connectivity index (χ3v) is 3.05. The second-order valence-electron chi connectivity index (χ2n) is 4.82. The van der Waals surface area contributed by atoms with Gasteiger partial charge in [-0.15, -0.1) is 0 Å². The van der Waals surface area contributed by atoms with Crippen molar-refractivity contribution in [1.82, 2.24) is 10.3 Å². The highest BCUT2D eigenvalue weighted by Gasteiger charge is 2.30. The van der Waals surface area contributed by atoms with Crippen molar-refractivity contribution in [3.63, 3.8) is 0 Å². The van der Waals surface area contributed by atoms with Crippen molar-refractivity contribution in [3.05, 3.63) is 59.3 Å². The second-order valence-corrected chi connectivity index (χ2v) is 4.82. The summed E-state index contributed by atoms with van der Waals surface area (Å²) in [5.74, 6) is 0.126. The summed E-state index contributed by atoms with van der Waals surface area (Å²) in [4.78, 5) is 16.2. The molecule has 0 aliphatic heterocycles. The van der Waals surface area contributed by atoms with Gasteiger partial charge in [-0.25, -0.2) is 4.98 Å². The number of benzene rings is 1. The van der Waals surface area contributed by atoms with E-state index in [-0.39, 0.29) is 12.2 Å². The Labute approximate surface area is 131 Å². The number of nitrogens with zero attached hydrogens (tertiary/aromatic N) is 1. The summed E-state index contributed by atoms with van der Waals surface area (Å²) in [6.07, 6.45) is -4.40. The zero-order valence-electron chi connectivity index (χ0n) is 12.4. The largest absolute Gasteiger partial charge is 0.416 e. The number of anilines is 1. The molecule has 1 aromatic carbocycles. The highest BCUT2D eigenvalue weighted by Crippen LogP contribution is 2.29. The molecule has 0 saturated heterocycles. The molecule has 0 bridgehead atoms. The third kappa shape index (κ3) is 4.70. The standard InChI is InChI=1S/C16H16F3N3O/c1-2-20-14-8-4-7-13(22-14)15(23)21-10-11-5-3-6-12(9-11)16(17,18)19/h3-9H,2,10H2,1H3,(H,20,22)(H,21,23). The molecule has 23 heavy (non-hydrogen) atoms. The number of carbonyl (C=O) groups is 1. The van der Waals surface area contributed by atoms with E-state index in [0.29, 0.717) is 17.9 Å². The summed E-state index contributed by atoms with van der Waals surface area (Å²) < 4.78 is 37.9. The van der Waals surface area contributed by atoms with Crippen molar-refractivity contribution in [2.45, 2.75) is 19.6 Å². The lowest BCUT2D eigenvalue weighted by Gasteiger charge is -2.10. The van der Waals surface area contributed by atoms with Crippen LogP contribution >= 0.6 is 0 Å². The van der Waals surface area contributed by atoms with Gasteiger partial charge in [-0.05, 0) is 36.8 Å². The fourth-order valence-electron chi connectivity index (χ4n) is 1.97. The van der Waals surface area contributed by atoms with Crippen LogP contribution in [-0.4, -0.2) is 17.4 Å². The maximum atomic E-state index is 12.6. The smallest absolute Gasteiger partial charge is 0.370 e. The first-order valence-electron chi connectivity index (χ1n) is 7.05. The molecule has 0 aliphatic carbocycles. The number of halogens is 3. The van der Waals surface area contributed by atoms with Crippen molar-refractivity contribution >= 4 is 11.7 Å². The zero-order valence-corrected chi connectivity index (χ0v) is 12.4. The van der Waals surface area contributed by atoms with Crippen LogP contribution in [0.2, 0.25) is 0 Å². The van der Waals surface area contributed by atoms with E-state index in [1.807, 2.05) is 6.92 Å². The van der Waals surface area contributed by atoms with Crippen molar-refractivity contribution in [2.75, 3.05) is 11.9 Å². The first-order valence-corrected chi connectivity index (χ1v) is 7.05. The van der Waals surface area contributed by atoms with Crippen LogP contribution in [0.3, 0.4) is 0 Å². The van der Waals surface area contributed by atoms with Crippen LogP contribution in [0.4, 0.5) is 19.0 Å². The molecule has 2 N–H and O–H groups in total. The summed E-state index contributed by atoms with van der Waals surface area (Å²) >= 11 is 0. The van der Waals surface area contributed by atoms with Crippen LogP contribution in [0.25, 0.3) is 0 Å². The number of amides is 1. The summed E-state index contributed by atoms with van der Waals surface area (Å²) in [5.41, 5.74) is -0.164. The number of hydrogen-bond acceptors (Lipinski definition) is 3. The fourth-order valence-corrected chi connectivity index (χ4v) is 1.97. The molecule has 0 spiro atoms. The molecule has 0 fully saturated rings. The van der Waals surface area contributed by atoms with Crippen molar-refractivity contribution < 1.29 is 18.0 Å². The first-order chi connectivity index (χ1) is 10.9. The Morgan fingerprint density at radius 3 is 2.61 bits per heavy atom. The molecule has 2 rings (SSSR count). The second kappa shape index (κ2) is 7.13. The Hall–Kier alpha value is -2.57. The minimum absolute atomic E-state index is 0.00410. The Balaban J connectivity index is 2.03. The van der Waals surface area contributed by atoms with Gasteiger partial charge in [-0.3, -0.25) is 4.79 Å². The van der Waals surface area contributed by atoms with Gasteiger partial charge in [0.25, 0.3) is 5.91 Å². The fraction of sp³-hybridized carbons (Fsp3) is 0.250. The van der Waals surface area contributed by atoms with Gasteiger partial charge in [0.2, 0.25) is 0 Å². The number of carbonyl (C=O) groups excluding carboxylic acids is 1. The normalized spacial score (nSPS) is 11.1. The monoisotopic (exact) mass is 323 g/mol. The summed E-state index contributed by atoms with van der Waals surface area (Å²) in [7, 11) is 0. The third-order valence-electron chi connectivity index (χ3n) is 3.05. The maximum absolute atomic E-state index is 12.6. The van der Waals surface area contributed by atoms with Gasteiger partial charge in [0.1, 0.15) is 11.5 Å². The number of pyridine rings is 1. The molecule has 0 radical (unpaired) electrons. The molecule has 2 aromatic rings. The lowest BCUT2D eigenvalue weighted by atomic mass is 10.1. The Bertz CT molecular complexity index is 686. The van der Waals surface area contributed by atoms with E-state index in [1.165, 1.54) is 12.1 Å². The molecule has 1 heterocycles. The van der Waals surface area contributed by atoms with Crippen LogP contribution in [-0.2, 0) is 12.7 Å². The van der Waals surface area contributed by atoms with Gasteiger partial charge in [-0.1, -0.05) is 18.2 Å². The van der Waals surface area contributed by atoms with Gasteiger partial charge in [0.15, 0.2) is 0 Å². The van der Waals surface area contributed by atoms with E-state index in [4.69, 9.17) is 0 Å². The zero-order chi connectivity index (χ0) is 16.9. The molecule has 122 valence electrons. The topological polar surface area (TPSA) is 54.0 Å². The number of aromatic nitrogens is 1. The predicted molar refractivity (Wildman–Crippen MR) is 81.0 cm³/mol. The lowest BCUT2D eigenvalue weighted by molar-refractivity contribution is -0.137. The van der Waals surface area contributed by atoms with Crippen LogP contribution < -0.4 is 10.6 Å². The summed E-state index contributed by atoms with van der Waals surface area (Å²) in [5, 5.41) is 5.55. The van der Waals surface area contributed by atoms with Gasteiger partial charge in [0, 0.05) is 13.1 Å². The first kappa shape index (κ1) is 16.8. The number of alkyl halides is 3. The molecule has 4 nitrogen and oxygen atoms in total. The summed E-state index contributed by atoms with van der Waals surface area (Å²) in [6, 6.07) is 9.81. The SMILES string of the molecule is CCNc1cccc(C(=O)NCc2cccc(C(F)(F)F)c2)n1. The Kier molecular flexibility index (Phi) is 5.20. The molecular weight excluding hydrogens is 307 g/mol. The number of hydrogen-bond donors (Lipinski definition) is 2. The van der Waals surface area contributed by atoms with E-state index in [1.54, 1.807) is 18.2 Å². The molecule has 0 saturated carbocycles. The van der Waals surface area contributed by atoms with Gasteiger partial charge in [-0.2, -0.15) is 13.2 Å². The van der Waals surface area contributed by atoms with E-state index in [0.717, 1.165) is 12.1 Å². The molecule has 0 aliphatic rings. The van der Waals surface area contributed by atoms with E-state index in [2.05, 4.69) is 15.6 Å². The van der Waals surface area contributed by atoms with Gasteiger partial charge in [0.05, 0.1) is 5.56 Å². The maximum Gasteiger partial charge on any atom is 0.416 e. The molecule has 0 unspecified atom stereocenters. The van der Waals surface area contributed by atoms with Crippen molar-refractivity contribution in [1.29, 1.82) is 0 Å². The van der Waals surface area contributed by atoms with Crippen LogP contribution in [0, 0.1) is 0 Å². The highest BCUT2D eigenvalue weighted by atomic mass is 19.4. The van der Waals surface area contributed by atoms with Gasteiger partial charge < -0.3 is 10.6 Å². The van der Waals surface area contributed by atoms with Crippen molar-refractivity contribution in [2.24, 2.45) is 0 Å². The Morgan fingerprint density at radius 1 is 1.17 bits per heavy atom. The van der Waals surface area contributed by atoms with Gasteiger partial charge >= 0.3 is 6.18 Å². The van der Waals surface area contributed by atoms with Crippen LogP contribution in [0.15, 0.2) is 42.5 Å².